The van der Waals surface area contributed by atoms with Crippen LogP contribution in [0.15, 0.2) is 12.1 Å². The highest BCUT2D eigenvalue weighted by atomic mass is 35.5. The molecule has 1 aromatic rings. The second kappa shape index (κ2) is 6.25. The third-order valence-electron chi connectivity index (χ3n) is 3.16. The first-order valence-electron chi connectivity index (χ1n) is 5.70. The molecule has 7 heteroatoms. The van der Waals surface area contributed by atoms with Crippen LogP contribution in [0.25, 0.3) is 0 Å². The summed E-state index contributed by atoms with van der Waals surface area (Å²) in [6.45, 7) is 0. The first kappa shape index (κ1) is 15.8. The van der Waals surface area contributed by atoms with Crippen molar-refractivity contribution < 1.29 is 18.0 Å². The van der Waals surface area contributed by atoms with Crippen LogP contribution in [0.4, 0.5) is 18.9 Å². The van der Waals surface area contributed by atoms with E-state index in [-0.39, 0.29) is 36.0 Å². The molecule has 2 atom stereocenters. The second-order valence-electron chi connectivity index (χ2n) is 4.44. The number of benzene rings is 1. The molecule has 2 rings (SSSR count). The average molecular weight is 295 g/mol. The number of halogens is 4. The summed E-state index contributed by atoms with van der Waals surface area (Å²) in [5, 5.41) is 2.36. The zero-order valence-corrected chi connectivity index (χ0v) is 10.8. The Morgan fingerprint density at radius 3 is 2.26 bits per heavy atom. The molecular formula is C12H14ClF3N2O. The molecule has 3 nitrogen and oxygen atoms in total. The summed E-state index contributed by atoms with van der Waals surface area (Å²) >= 11 is 0. The molecule has 1 aromatic carbocycles. The summed E-state index contributed by atoms with van der Waals surface area (Å²) in [6, 6.07) is 1.26. The maximum Gasteiger partial charge on any atom is 0.229 e. The van der Waals surface area contributed by atoms with Gasteiger partial charge < -0.3 is 11.1 Å². The Balaban J connectivity index is 0.00000180. The summed E-state index contributed by atoms with van der Waals surface area (Å²) in [5.74, 6) is -4.96. The van der Waals surface area contributed by atoms with Crippen molar-refractivity contribution in [3.8, 4) is 0 Å². The summed E-state index contributed by atoms with van der Waals surface area (Å²) in [7, 11) is 0. The van der Waals surface area contributed by atoms with Crippen LogP contribution in [0.1, 0.15) is 19.3 Å². The number of carbonyl (C=O) groups excluding carboxylic acids is 1. The molecule has 0 aromatic heterocycles. The van der Waals surface area contributed by atoms with Crippen LogP contribution >= 0.6 is 12.4 Å². The predicted octanol–water partition coefficient (Wildman–Crippen LogP) is 2.59. The van der Waals surface area contributed by atoms with Gasteiger partial charge >= 0.3 is 0 Å². The van der Waals surface area contributed by atoms with Crippen molar-refractivity contribution in [3.05, 3.63) is 29.6 Å². The molecule has 1 amide bonds. The Labute approximate surface area is 114 Å². The lowest BCUT2D eigenvalue weighted by atomic mass is 10.0. The topological polar surface area (TPSA) is 55.1 Å². The van der Waals surface area contributed by atoms with Gasteiger partial charge in [0, 0.05) is 23.9 Å². The van der Waals surface area contributed by atoms with E-state index < -0.39 is 17.5 Å². The van der Waals surface area contributed by atoms with Gasteiger partial charge in [-0.2, -0.15) is 0 Å². The standard InChI is InChI=1S/C12H13F3N2O.ClH/c13-8-4-6(5-9(14)11(8)15)17-12(18)7-2-1-3-10(7)16;/h4-5,7,10H,1-3,16H2,(H,17,18);1H. The van der Waals surface area contributed by atoms with Crippen LogP contribution in [0.2, 0.25) is 0 Å². The monoisotopic (exact) mass is 294 g/mol. The molecule has 19 heavy (non-hydrogen) atoms. The van der Waals surface area contributed by atoms with Crippen molar-refractivity contribution in [1.82, 2.24) is 0 Å². The molecule has 3 N–H and O–H groups in total. The molecule has 1 aliphatic rings. The van der Waals surface area contributed by atoms with Crippen molar-refractivity contribution in [2.75, 3.05) is 5.32 Å². The van der Waals surface area contributed by atoms with Gasteiger partial charge in [0.15, 0.2) is 17.5 Å². The molecule has 1 aliphatic carbocycles. The highest BCUT2D eigenvalue weighted by Crippen LogP contribution is 2.26. The van der Waals surface area contributed by atoms with Crippen LogP contribution in [0.5, 0.6) is 0 Å². The number of nitrogens with one attached hydrogen (secondary N) is 1. The van der Waals surface area contributed by atoms with Gasteiger partial charge in [0.1, 0.15) is 0 Å². The number of carbonyl (C=O) groups is 1. The Morgan fingerprint density at radius 1 is 1.21 bits per heavy atom. The highest BCUT2D eigenvalue weighted by molar-refractivity contribution is 5.93. The van der Waals surface area contributed by atoms with Crippen LogP contribution in [-0.4, -0.2) is 11.9 Å². The molecule has 0 saturated heterocycles. The van der Waals surface area contributed by atoms with Gasteiger partial charge in [-0.1, -0.05) is 6.42 Å². The summed E-state index contributed by atoms with van der Waals surface area (Å²) in [6.07, 6.45) is 2.26. The Bertz CT molecular complexity index is 461. The van der Waals surface area contributed by atoms with Gasteiger partial charge in [0.25, 0.3) is 0 Å². The molecule has 1 saturated carbocycles. The fourth-order valence-corrected chi connectivity index (χ4v) is 2.18. The molecule has 0 spiro atoms. The first-order valence-corrected chi connectivity index (χ1v) is 5.70. The van der Waals surface area contributed by atoms with E-state index in [4.69, 9.17) is 5.73 Å². The van der Waals surface area contributed by atoms with Gasteiger partial charge in [-0.15, -0.1) is 12.4 Å². The number of nitrogens with two attached hydrogens (primary N) is 1. The quantitative estimate of drug-likeness (QED) is 0.824. The van der Waals surface area contributed by atoms with Crippen LogP contribution in [0, 0.1) is 23.4 Å². The summed E-state index contributed by atoms with van der Waals surface area (Å²) in [4.78, 5) is 11.8. The molecule has 1 fully saturated rings. The van der Waals surface area contributed by atoms with Crippen molar-refractivity contribution in [3.63, 3.8) is 0 Å². The van der Waals surface area contributed by atoms with Crippen molar-refractivity contribution in [2.24, 2.45) is 11.7 Å². The molecule has 0 bridgehead atoms. The van der Waals surface area contributed by atoms with E-state index in [1.807, 2.05) is 0 Å². The van der Waals surface area contributed by atoms with Crippen molar-refractivity contribution in [2.45, 2.75) is 25.3 Å². The minimum absolute atomic E-state index is 0. The van der Waals surface area contributed by atoms with Crippen LogP contribution in [0.3, 0.4) is 0 Å². The average Bonchev–Trinajstić information content (AvgIpc) is 2.72. The number of amides is 1. The van der Waals surface area contributed by atoms with Gasteiger partial charge in [0.05, 0.1) is 5.92 Å². The maximum absolute atomic E-state index is 13.0. The van der Waals surface area contributed by atoms with Crippen molar-refractivity contribution in [1.29, 1.82) is 0 Å². The van der Waals surface area contributed by atoms with Gasteiger partial charge in [-0.3, -0.25) is 4.79 Å². The molecule has 2 unspecified atom stereocenters. The van der Waals surface area contributed by atoms with E-state index in [1.54, 1.807) is 0 Å². The summed E-state index contributed by atoms with van der Waals surface area (Å²) in [5.41, 5.74) is 5.65. The van der Waals surface area contributed by atoms with E-state index in [2.05, 4.69) is 5.32 Å². The Morgan fingerprint density at radius 2 is 1.79 bits per heavy atom. The Hall–Kier alpha value is -1.27. The smallest absolute Gasteiger partial charge is 0.229 e. The normalized spacial score (nSPS) is 21.9. The lowest BCUT2D eigenvalue weighted by Crippen LogP contribution is -2.34. The van der Waals surface area contributed by atoms with E-state index in [1.165, 1.54) is 0 Å². The van der Waals surface area contributed by atoms with Crippen LogP contribution < -0.4 is 11.1 Å². The molecule has 0 radical (unpaired) electrons. The lowest BCUT2D eigenvalue weighted by Gasteiger charge is -2.15. The zero-order chi connectivity index (χ0) is 13.3. The fourth-order valence-electron chi connectivity index (χ4n) is 2.18. The number of anilines is 1. The number of hydrogen-bond donors (Lipinski definition) is 2. The largest absolute Gasteiger partial charge is 0.327 e. The van der Waals surface area contributed by atoms with E-state index in [9.17, 15) is 18.0 Å². The fraction of sp³-hybridized carbons (Fsp3) is 0.417. The highest BCUT2D eigenvalue weighted by Gasteiger charge is 2.30. The zero-order valence-electron chi connectivity index (χ0n) is 9.96. The SMILES string of the molecule is Cl.NC1CCCC1C(=O)Nc1cc(F)c(F)c(F)c1. The van der Waals surface area contributed by atoms with Gasteiger partial charge in [-0.25, -0.2) is 13.2 Å². The molecular weight excluding hydrogens is 281 g/mol. The summed E-state index contributed by atoms with van der Waals surface area (Å²) < 4.78 is 38.6. The Kier molecular flexibility index (Phi) is 5.20. The van der Waals surface area contributed by atoms with Crippen LogP contribution in [-0.2, 0) is 4.79 Å². The lowest BCUT2D eigenvalue weighted by molar-refractivity contribution is -0.120. The van der Waals surface area contributed by atoms with Gasteiger partial charge in [-0.05, 0) is 12.8 Å². The van der Waals surface area contributed by atoms with E-state index in [0.717, 1.165) is 25.0 Å². The molecule has 0 aliphatic heterocycles. The van der Waals surface area contributed by atoms with Gasteiger partial charge in [0.2, 0.25) is 5.91 Å². The molecule has 0 heterocycles. The third kappa shape index (κ3) is 3.39. The predicted molar refractivity (Wildman–Crippen MR) is 67.5 cm³/mol. The maximum atomic E-state index is 13.0. The third-order valence-corrected chi connectivity index (χ3v) is 3.16. The number of hydrogen-bond acceptors (Lipinski definition) is 2. The van der Waals surface area contributed by atoms with E-state index in [0.29, 0.717) is 6.42 Å². The second-order valence-corrected chi connectivity index (χ2v) is 4.44. The minimum Gasteiger partial charge on any atom is -0.327 e. The van der Waals surface area contributed by atoms with Crippen molar-refractivity contribution >= 4 is 24.0 Å². The number of rotatable bonds is 2. The minimum atomic E-state index is -1.55. The first-order chi connectivity index (χ1) is 8.49. The molecule has 106 valence electrons. The van der Waals surface area contributed by atoms with E-state index >= 15 is 0 Å².